The van der Waals surface area contributed by atoms with Crippen molar-refractivity contribution in [1.82, 2.24) is 10.6 Å². The second-order valence-corrected chi connectivity index (χ2v) is 11.4. The van der Waals surface area contributed by atoms with Crippen molar-refractivity contribution >= 4 is 28.9 Å². The Morgan fingerprint density at radius 3 is 2.52 bits per heavy atom. The maximum absolute atomic E-state index is 13.2. The molecule has 7 heteroatoms. The number of rotatable bonds is 8. The number of hydrogen-bond acceptors (Lipinski definition) is 5. The van der Waals surface area contributed by atoms with Crippen molar-refractivity contribution in [2.45, 2.75) is 77.7 Å². The van der Waals surface area contributed by atoms with Crippen LogP contribution < -0.4 is 10.6 Å². The van der Waals surface area contributed by atoms with Gasteiger partial charge in [0.1, 0.15) is 5.60 Å². The molecule has 0 aliphatic carbocycles. The second-order valence-electron chi connectivity index (χ2n) is 9.96. The minimum Gasteiger partial charge on any atom is -0.444 e. The summed E-state index contributed by atoms with van der Waals surface area (Å²) in [6.45, 7) is 12.6. The van der Waals surface area contributed by atoms with Crippen LogP contribution in [0.15, 0.2) is 47.5 Å². The molecule has 1 unspecified atom stereocenters. The molecule has 33 heavy (non-hydrogen) atoms. The van der Waals surface area contributed by atoms with E-state index in [1.165, 1.54) is 0 Å². The number of hydrogen-bond donors (Lipinski definition) is 2. The molecule has 0 bridgehead atoms. The first-order chi connectivity index (χ1) is 15.5. The van der Waals surface area contributed by atoms with Crippen LogP contribution in [0.3, 0.4) is 0 Å². The smallest absolute Gasteiger partial charge is 0.408 e. The van der Waals surface area contributed by atoms with E-state index in [0.717, 1.165) is 24.9 Å². The molecule has 1 aromatic carbocycles. The van der Waals surface area contributed by atoms with Crippen molar-refractivity contribution in [3.05, 3.63) is 48.0 Å². The fourth-order valence-electron chi connectivity index (χ4n) is 3.44. The van der Waals surface area contributed by atoms with Gasteiger partial charge in [-0.3, -0.25) is 9.79 Å². The highest BCUT2D eigenvalue weighted by molar-refractivity contribution is 8.14. The highest BCUT2D eigenvalue weighted by Gasteiger charge is 2.23. The number of amides is 2. The Hall–Kier alpha value is -2.28. The Balaban J connectivity index is 2.17. The lowest BCUT2D eigenvalue weighted by Crippen LogP contribution is -2.39. The maximum Gasteiger partial charge on any atom is 0.408 e. The molecular weight excluding hydrogens is 434 g/mol. The molecule has 0 radical (unpaired) electrons. The van der Waals surface area contributed by atoms with Crippen molar-refractivity contribution in [1.29, 1.82) is 0 Å². The van der Waals surface area contributed by atoms with Crippen LogP contribution >= 0.6 is 11.8 Å². The van der Waals surface area contributed by atoms with E-state index < -0.39 is 11.7 Å². The molecule has 6 nitrogen and oxygen atoms in total. The summed E-state index contributed by atoms with van der Waals surface area (Å²) in [6, 6.07) is 9.73. The molecule has 1 aliphatic rings. The van der Waals surface area contributed by atoms with E-state index in [4.69, 9.17) is 4.74 Å². The van der Waals surface area contributed by atoms with Gasteiger partial charge in [-0.05, 0) is 51.5 Å². The fourth-order valence-corrected chi connectivity index (χ4v) is 4.37. The van der Waals surface area contributed by atoms with E-state index >= 15 is 0 Å². The lowest BCUT2D eigenvalue weighted by Gasteiger charge is -2.23. The predicted molar refractivity (Wildman–Crippen MR) is 138 cm³/mol. The van der Waals surface area contributed by atoms with Gasteiger partial charge in [0.25, 0.3) is 0 Å². The van der Waals surface area contributed by atoms with Crippen LogP contribution in [0.1, 0.15) is 59.9 Å². The lowest BCUT2D eigenvalue weighted by atomic mass is 9.95. The fraction of sp³-hybridized carbons (Fsp3) is 0.577. The van der Waals surface area contributed by atoms with Gasteiger partial charge in [-0.25, -0.2) is 4.79 Å². The number of nitrogens with zero attached hydrogens (tertiary/aromatic N) is 1. The number of alkyl carbamates (subject to hydrolysis) is 1. The summed E-state index contributed by atoms with van der Waals surface area (Å²) in [5, 5.41) is 7.09. The van der Waals surface area contributed by atoms with Gasteiger partial charge in [-0.2, -0.15) is 0 Å². The van der Waals surface area contributed by atoms with E-state index in [1.54, 1.807) is 11.8 Å². The summed E-state index contributed by atoms with van der Waals surface area (Å²) in [5.41, 5.74) is 0.510. The van der Waals surface area contributed by atoms with Gasteiger partial charge in [0.15, 0.2) is 5.17 Å². The Bertz CT molecular complexity index is 831. The van der Waals surface area contributed by atoms with E-state index in [2.05, 4.69) is 36.4 Å². The highest BCUT2D eigenvalue weighted by atomic mass is 32.2. The van der Waals surface area contributed by atoms with Gasteiger partial charge >= 0.3 is 6.09 Å². The molecule has 0 aromatic heterocycles. The first-order valence-electron chi connectivity index (χ1n) is 11.8. The van der Waals surface area contributed by atoms with E-state index in [1.807, 2.05) is 63.3 Å². The van der Waals surface area contributed by atoms with E-state index in [9.17, 15) is 9.59 Å². The summed E-state index contributed by atoms with van der Waals surface area (Å²) in [7, 11) is 0. The molecular formula is C26H39N3O3S. The SMILES string of the molecule is CC(C)C[C@@H](/C=C/[C@H](Cc1ccccc1)C(=O)NC1=NCCC(C)S1)NC(=O)OC(C)(C)C. The number of carbonyl (C=O) groups is 2. The Kier molecular flexibility index (Phi) is 10.5. The number of nitrogens with one attached hydrogen (secondary N) is 2. The topological polar surface area (TPSA) is 79.8 Å². The van der Waals surface area contributed by atoms with Crippen molar-refractivity contribution in [3.63, 3.8) is 0 Å². The molecule has 0 saturated carbocycles. The van der Waals surface area contributed by atoms with Gasteiger partial charge in [0, 0.05) is 11.8 Å². The summed E-state index contributed by atoms with van der Waals surface area (Å²) in [5.74, 6) is -0.107. The third kappa shape index (κ3) is 10.9. The van der Waals surface area contributed by atoms with E-state index in [-0.39, 0.29) is 17.9 Å². The third-order valence-corrected chi connectivity index (χ3v) is 6.06. The molecule has 2 rings (SSSR count). The number of benzene rings is 1. The second kappa shape index (κ2) is 12.8. The zero-order valence-corrected chi connectivity index (χ0v) is 21.6. The molecule has 0 spiro atoms. The maximum atomic E-state index is 13.2. The van der Waals surface area contributed by atoms with Crippen LogP contribution in [-0.4, -0.2) is 40.6 Å². The lowest BCUT2D eigenvalue weighted by molar-refractivity contribution is -0.122. The minimum absolute atomic E-state index is 0.0870. The van der Waals surface area contributed by atoms with Crippen LogP contribution in [-0.2, 0) is 16.0 Å². The number of thioether (sulfide) groups is 1. The Morgan fingerprint density at radius 1 is 1.21 bits per heavy atom. The first-order valence-corrected chi connectivity index (χ1v) is 12.6. The normalized spacial score (nSPS) is 18.5. The largest absolute Gasteiger partial charge is 0.444 e. The number of aliphatic imine (C=N–C) groups is 1. The minimum atomic E-state index is -0.568. The third-order valence-electron chi connectivity index (χ3n) is 4.97. The van der Waals surface area contributed by atoms with Crippen LogP contribution in [0, 0.1) is 11.8 Å². The first kappa shape index (κ1) is 27.0. The van der Waals surface area contributed by atoms with Gasteiger partial charge < -0.3 is 15.4 Å². The average molecular weight is 474 g/mol. The van der Waals surface area contributed by atoms with Gasteiger partial charge in [0.05, 0.1) is 12.0 Å². The molecule has 0 saturated heterocycles. The number of carbonyl (C=O) groups excluding carboxylic acids is 2. The van der Waals surface area contributed by atoms with Crippen LogP contribution in [0.25, 0.3) is 0 Å². The van der Waals surface area contributed by atoms with Crippen LogP contribution in [0.4, 0.5) is 4.79 Å². The predicted octanol–water partition coefficient (Wildman–Crippen LogP) is 5.34. The summed E-state index contributed by atoms with van der Waals surface area (Å²) >= 11 is 1.61. The Morgan fingerprint density at radius 2 is 1.91 bits per heavy atom. The zero-order chi connectivity index (χ0) is 24.4. The van der Waals surface area contributed by atoms with Crippen molar-refractivity contribution in [2.75, 3.05) is 6.54 Å². The summed E-state index contributed by atoms with van der Waals surface area (Å²) in [4.78, 5) is 30.0. The number of ether oxygens (including phenoxy) is 1. The summed E-state index contributed by atoms with van der Waals surface area (Å²) in [6.07, 6.45) is 5.71. The molecule has 1 aliphatic heterocycles. The van der Waals surface area contributed by atoms with E-state index in [0.29, 0.717) is 22.8 Å². The van der Waals surface area contributed by atoms with Crippen molar-refractivity contribution in [3.8, 4) is 0 Å². The van der Waals surface area contributed by atoms with Gasteiger partial charge in [-0.15, -0.1) is 0 Å². The standard InChI is InChI=1S/C26H39N3O3S/c1-18(2)16-22(28-25(31)32-26(4,5)6)13-12-21(17-20-10-8-7-9-11-20)23(30)29-24-27-15-14-19(3)33-24/h7-13,18-19,21-22H,14-17H2,1-6H3,(H,28,31)(H,27,29,30)/b13-12+/t19?,21-,22-/m1/s1. The zero-order valence-electron chi connectivity index (χ0n) is 20.8. The molecule has 2 N–H and O–H groups in total. The number of amidine groups is 1. The molecule has 3 atom stereocenters. The monoisotopic (exact) mass is 473 g/mol. The molecule has 1 heterocycles. The molecule has 0 fully saturated rings. The Labute approximate surface area is 203 Å². The summed E-state index contributed by atoms with van der Waals surface area (Å²) < 4.78 is 5.43. The molecule has 2 amide bonds. The highest BCUT2D eigenvalue weighted by Crippen LogP contribution is 2.21. The van der Waals surface area contributed by atoms with Crippen LogP contribution in [0.2, 0.25) is 0 Å². The van der Waals surface area contributed by atoms with Crippen molar-refractivity contribution in [2.24, 2.45) is 16.8 Å². The van der Waals surface area contributed by atoms with Gasteiger partial charge in [-0.1, -0.05) is 75.0 Å². The molecule has 1 aromatic rings. The average Bonchev–Trinajstić information content (AvgIpc) is 2.69. The molecule has 182 valence electrons. The van der Waals surface area contributed by atoms with Gasteiger partial charge in [0.2, 0.25) is 5.91 Å². The van der Waals surface area contributed by atoms with Crippen molar-refractivity contribution < 1.29 is 14.3 Å². The quantitative estimate of drug-likeness (QED) is 0.500. The van der Waals surface area contributed by atoms with Crippen LogP contribution in [0.5, 0.6) is 0 Å².